The zero-order chi connectivity index (χ0) is 26.4. The average molecular weight is 512 g/mol. The summed E-state index contributed by atoms with van der Waals surface area (Å²) in [6, 6.07) is 5.41. The van der Waals surface area contributed by atoms with E-state index in [1.54, 1.807) is 25.3 Å². The van der Waals surface area contributed by atoms with Gasteiger partial charge in [-0.15, -0.1) is 0 Å². The number of hydrogen-bond acceptors (Lipinski definition) is 5. The number of aromatic nitrogens is 1. The monoisotopic (exact) mass is 511 g/mol. The van der Waals surface area contributed by atoms with Crippen LogP contribution in [-0.4, -0.2) is 75.7 Å². The second-order valence-corrected chi connectivity index (χ2v) is 10.2. The number of Topliss-reactive ketones (excluding diaryl/α,β-unsaturated/α-hetero) is 1. The Bertz CT molecular complexity index is 1110. The molecule has 0 atom stereocenters. The van der Waals surface area contributed by atoms with Gasteiger partial charge in [0.05, 0.1) is 19.1 Å². The molecule has 2 aliphatic carbocycles. The van der Waals surface area contributed by atoms with Crippen molar-refractivity contribution in [2.75, 3.05) is 20.2 Å². The minimum atomic E-state index is -1.09. The number of carbonyl (C=O) groups excluding carboxylic acids is 3. The van der Waals surface area contributed by atoms with Crippen LogP contribution in [0.1, 0.15) is 81.0 Å². The molecule has 2 N–H and O–H groups in total. The molecule has 1 aromatic heterocycles. The minimum Gasteiger partial charge on any atom is -0.497 e. The molecule has 4 rings (SSSR count). The van der Waals surface area contributed by atoms with Gasteiger partial charge in [0, 0.05) is 41.8 Å². The number of hydrogen-bond donors (Lipinski definition) is 2. The maximum Gasteiger partial charge on any atom is 0.305 e. The number of aliphatic carboxylic acids is 1. The first kappa shape index (κ1) is 26.7. The van der Waals surface area contributed by atoms with E-state index in [4.69, 9.17) is 4.74 Å². The van der Waals surface area contributed by atoms with Crippen LogP contribution < -0.4 is 4.74 Å². The highest BCUT2D eigenvalue weighted by Gasteiger charge is 2.35. The quantitative estimate of drug-likeness (QED) is 0.365. The molecule has 2 fully saturated rings. The van der Waals surface area contributed by atoms with Crippen LogP contribution in [0.3, 0.4) is 0 Å². The molecule has 0 aliphatic heterocycles. The largest absolute Gasteiger partial charge is 0.497 e. The number of methoxy groups -OCH3 is 1. The van der Waals surface area contributed by atoms with Crippen molar-refractivity contribution in [2.24, 2.45) is 0 Å². The first-order valence-corrected chi connectivity index (χ1v) is 13.4. The second kappa shape index (κ2) is 12.3. The summed E-state index contributed by atoms with van der Waals surface area (Å²) in [6.07, 6.45) is 11.5. The highest BCUT2D eigenvalue weighted by Crippen LogP contribution is 2.31. The van der Waals surface area contributed by atoms with Crippen molar-refractivity contribution in [2.45, 2.75) is 82.7 Å². The molecule has 37 heavy (non-hydrogen) atoms. The molecule has 2 aliphatic rings. The molecular formula is C28H37N3O6. The standard InChI is InChI=1S/C28H37N3O6/c1-37-21-12-13-22-23(17-29-24(22)16-21)27(35)28(36)30(15-14-26(33)34)18-25(32)31(19-8-4-2-5-9-19)20-10-6-3-7-11-20/h12-13,16-17,19-20,29H,2-11,14-15,18H2,1H3,(H,33,34). The number of rotatable bonds is 10. The Kier molecular flexibility index (Phi) is 8.84. The number of H-pyrrole nitrogens is 1. The highest BCUT2D eigenvalue weighted by atomic mass is 16.5. The molecule has 2 saturated carbocycles. The molecule has 0 saturated heterocycles. The van der Waals surface area contributed by atoms with Gasteiger partial charge in [-0.25, -0.2) is 0 Å². The van der Waals surface area contributed by atoms with E-state index in [2.05, 4.69) is 4.98 Å². The lowest BCUT2D eigenvalue weighted by atomic mass is 9.88. The predicted molar refractivity (Wildman–Crippen MR) is 139 cm³/mol. The summed E-state index contributed by atoms with van der Waals surface area (Å²) >= 11 is 0. The van der Waals surface area contributed by atoms with E-state index in [1.807, 2.05) is 4.90 Å². The van der Waals surface area contributed by atoms with Crippen LogP contribution in [0.5, 0.6) is 5.75 Å². The normalized spacial score (nSPS) is 16.9. The lowest BCUT2D eigenvalue weighted by Crippen LogP contribution is -2.53. The van der Waals surface area contributed by atoms with Crippen LogP contribution in [-0.2, 0) is 14.4 Å². The Hall–Kier alpha value is -3.36. The van der Waals surface area contributed by atoms with Gasteiger partial charge in [-0.1, -0.05) is 38.5 Å². The van der Waals surface area contributed by atoms with E-state index < -0.39 is 17.7 Å². The third-order valence-electron chi connectivity index (χ3n) is 7.76. The Morgan fingerprint density at radius 1 is 0.973 bits per heavy atom. The molecule has 0 radical (unpaired) electrons. The van der Waals surface area contributed by atoms with Gasteiger partial charge in [0.15, 0.2) is 0 Å². The maximum absolute atomic E-state index is 13.7. The van der Waals surface area contributed by atoms with Crippen LogP contribution in [0.4, 0.5) is 0 Å². The van der Waals surface area contributed by atoms with Crippen molar-refractivity contribution in [3.05, 3.63) is 30.0 Å². The molecule has 0 unspecified atom stereocenters. The Morgan fingerprint density at radius 3 is 2.16 bits per heavy atom. The number of carbonyl (C=O) groups is 4. The SMILES string of the molecule is COc1ccc2c(C(=O)C(=O)N(CCC(=O)O)CC(=O)N(C3CCCCC3)C3CCCCC3)c[nH]c2c1. The smallest absolute Gasteiger partial charge is 0.305 e. The number of nitrogens with zero attached hydrogens (tertiary/aromatic N) is 2. The van der Waals surface area contributed by atoms with Crippen molar-refractivity contribution in [3.63, 3.8) is 0 Å². The fraction of sp³-hybridized carbons (Fsp3) is 0.571. The van der Waals surface area contributed by atoms with Gasteiger partial charge in [0.1, 0.15) is 12.3 Å². The number of ether oxygens (including phenoxy) is 1. The summed E-state index contributed by atoms with van der Waals surface area (Å²) in [6.45, 7) is -0.494. The van der Waals surface area contributed by atoms with Crippen LogP contribution in [0.15, 0.2) is 24.4 Å². The summed E-state index contributed by atoms with van der Waals surface area (Å²) in [5.41, 5.74) is 0.830. The van der Waals surface area contributed by atoms with Crippen molar-refractivity contribution < 1.29 is 29.0 Å². The van der Waals surface area contributed by atoms with Gasteiger partial charge in [0.25, 0.3) is 11.7 Å². The van der Waals surface area contributed by atoms with Crippen molar-refractivity contribution in [3.8, 4) is 5.75 Å². The first-order valence-electron chi connectivity index (χ1n) is 13.4. The molecule has 9 heteroatoms. The Balaban J connectivity index is 1.56. The fourth-order valence-electron chi connectivity index (χ4n) is 5.83. The first-order chi connectivity index (χ1) is 17.9. The van der Waals surface area contributed by atoms with E-state index in [0.717, 1.165) is 69.1 Å². The fourth-order valence-corrected chi connectivity index (χ4v) is 5.83. The van der Waals surface area contributed by atoms with E-state index >= 15 is 0 Å². The number of aromatic amines is 1. The van der Waals surface area contributed by atoms with Crippen molar-refractivity contribution in [1.29, 1.82) is 0 Å². The number of carboxylic acid groups (broad SMARTS) is 1. The Labute approximate surface area is 217 Å². The molecule has 200 valence electrons. The van der Waals surface area contributed by atoms with Gasteiger partial charge >= 0.3 is 5.97 Å². The molecule has 2 amide bonds. The second-order valence-electron chi connectivity index (χ2n) is 10.2. The summed E-state index contributed by atoms with van der Waals surface area (Å²) in [4.78, 5) is 57.9. The number of fused-ring (bicyclic) bond motifs is 1. The zero-order valence-electron chi connectivity index (χ0n) is 21.5. The van der Waals surface area contributed by atoms with Gasteiger partial charge in [-0.2, -0.15) is 0 Å². The van der Waals surface area contributed by atoms with Crippen molar-refractivity contribution >= 4 is 34.5 Å². The third kappa shape index (κ3) is 6.32. The van der Waals surface area contributed by atoms with Gasteiger partial charge < -0.3 is 24.6 Å². The van der Waals surface area contributed by atoms with Crippen molar-refractivity contribution in [1.82, 2.24) is 14.8 Å². The summed E-state index contributed by atoms with van der Waals surface area (Å²) in [7, 11) is 1.54. The number of nitrogens with one attached hydrogen (secondary N) is 1. The average Bonchev–Trinajstić information content (AvgIpc) is 3.34. The Morgan fingerprint density at radius 2 is 1.59 bits per heavy atom. The summed E-state index contributed by atoms with van der Waals surface area (Å²) in [5.74, 6) is -2.30. The van der Waals surface area contributed by atoms with E-state index in [0.29, 0.717) is 16.7 Å². The number of amides is 2. The van der Waals surface area contributed by atoms with Crippen LogP contribution in [0.2, 0.25) is 0 Å². The third-order valence-corrected chi connectivity index (χ3v) is 7.76. The topological polar surface area (TPSA) is 120 Å². The summed E-state index contributed by atoms with van der Waals surface area (Å²) < 4.78 is 5.22. The molecule has 1 aromatic carbocycles. The van der Waals surface area contributed by atoms with E-state index in [-0.39, 0.29) is 43.1 Å². The lowest BCUT2D eigenvalue weighted by Gasteiger charge is -2.42. The van der Waals surface area contributed by atoms with Gasteiger partial charge in [0.2, 0.25) is 5.91 Å². The van der Waals surface area contributed by atoms with Crippen LogP contribution in [0.25, 0.3) is 10.9 Å². The molecule has 1 heterocycles. The number of benzene rings is 1. The summed E-state index contributed by atoms with van der Waals surface area (Å²) in [5, 5.41) is 9.84. The van der Waals surface area contributed by atoms with E-state index in [9.17, 15) is 24.3 Å². The zero-order valence-corrected chi connectivity index (χ0v) is 21.5. The highest BCUT2D eigenvalue weighted by molar-refractivity contribution is 6.45. The molecule has 0 spiro atoms. The molecule has 9 nitrogen and oxygen atoms in total. The van der Waals surface area contributed by atoms with Crippen LogP contribution in [0, 0.1) is 0 Å². The lowest BCUT2D eigenvalue weighted by molar-refractivity contribution is -0.145. The maximum atomic E-state index is 13.7. The minimum absolute atomic E-state index is 0.139. The predicted octanol–water partition coefficient (Wildman–Crippen LogP) is 4.16. The molecule has 2 aromatic rings. The van der Waals surface area contributed by atoms with E-state index in [1.165, 1.54) is 6.20 Å². The molecule has 0 bridgehead atoms. The van der Waals surface area contributed by atoms with Gasteiger partial charge in [-0.05, 0) is 37.8 Å². The van der Waals surface area contributed by atoms with Gasteiger partial charge in [-0.3, -0.25) is 19.2 Å². The number of carboxylic acids is 1. The number of ketones is 1. The molecular weight excluding hydrogens is 474 g/mol. The van der Waals surface area contributed by atoms with Crippen LogP contribution >= 0.6 is 0 Å².